The maximum Gasteiger partial charge on any atom is 0.322 e. The number of aliphatic carboxylic acids is 1. The first-order valence-corrected chi connectivity index (χ1v) is 17.2. The average molecular weight is 645 g/mol. The van der Waals surface area contributed by atoms with Crippen LogP contribution in [0.15, 0.2) is 94.7 Å². The van der Waals surface area contributed by atoms with Crippen LogP contribution in [0.2, 0.25) is 0 Å². The second-order valence-corrected chi connectivity index (χ2v) is 14.5. The number of hydrogen-bond acceptors (Lipinski definition) is 7. The molecule has 0 aromatic heterocycles. The number of amides is 1. The van der Waals surface area contributed by atoms with E-state index in [4.69, 9.17) is 5.73 Å². The average Bonchev–Trinajstić information content (AvgIpc) is 2.98. The number of nitrogens with zero attached hydrogens (tertiary/aromatic N) is 1. The number of anilines is 1. The maximum atomic E-state index is 13.5. The Morgan fingerprint density at radius 2 is 1.43 bits per heavy atom. The number of carboxylic acid groups (broad SMARTS) is 1. The highest BCUT2D eigenvalue weighted by Gasteiger charge is 2.36. The zero-order valence-corrected chi connectivity index (χ0v) is 26.4. The molecular formula is C31H40N4O7S2. The Hall–Kier alpha value is -3.78. The number of nitrogens with two attached hydrogens (primary N) is 1. The Labute approximate surface area is 259 Å². The van der Waals surface area contributed by atoms with Gasteiger partial charge in [-0.1, -0.05) is 62.4 Å². The fourth-order valence-corrected chi connectivity index (χ4v) is 7.60. The summed E-state index contributed by atoms with van der Waals surface area (Å²) < 4.78 is 56.4. The SMILES string of the molecule is CC(C)CN([C@@H](CCCCNC(=O)[C@H](Cc1ccccc1)NS(=O)(=O)c1ccccc1)C(=O)O)S(=O)(=O)c1ccc(N)cc1. The zero-order chi connectivity index (χ0) is 32.3. The van der Waals surface area contributed by atoms with Gasteiger partial charge in [0.1, 0.15) is 12.1 Å². The predicted octanol–water partition coefficient (Wildman–Crippen LogP) is 3.24. The van der Waals surface area contributed by atoms with Crippen LogP contribution in [0, 0.1) is 5.92 Å². The van der Waals surface area contributed by atoms with Gasteiger partial charge in [0.25, 0.3) is 0 Å². The van der Waals surface area contributed by atoms with Gasteiger partial charge in [-0.15, -0.1) is 0 Å². The highest BCUT2D eigenvalue weighted by Crippen LogP contribution is 2.24. The van der Waals surface area contributed by atoms with E-state index in [1.54, 1.807) is 56.3 Å². The normalized spacial score (nSPS) is 13.5. The summed E-state index contributed by atoms with van der Waals surface area (Å²) in [5.41, 5.74) is 6.85. The molecule has 0 fully saturated rings. The topological polar surface area (TPSA) is 176 Å². The van der Waals surface area contributed by atoms with Gasteiger partial charge in [0.15, 0.2) is 0 Å². The summed E-state index contributed by atoms with van der Waals surface area (Å²) in [5.74, 6) is -1.94. The van der Waals surface area contributed by atoms with Crippen LogP contribution in [0.1, 0.15) is 38.7 Å². The van der Waals surface area contributed by atoms with Crippen LogP contribution in [0.25, 0.3) is 0 Å². The zero-order valence-electron chi connectivity index (χ0n) is 24.8. The molecule has 0 unspecified atom stereocenters. The van der Waals surface area contributed by atoms with Gasteiger partial charge in [0, 0.05) is 18.8 Å². The number of sulfonamides is 2. The summed E-state index contributed by atoms with van der Waals surface area (Å²) in [6.45, 7) is 3.75. The van der Waals surface area contributed by atoms with Gasteiger partial charge >= 0.3 is 5.97 Å². The van der Waals surface area contributed by atoms with Crippen LogP contribution < -0.4 is 15.8 Å². The molecule has 44 heavy (non-hydrogen) atoms. The molecule has 0 spiro atoms. The van der Waals surface area contributed by atoms with Gasteiger partial charge in [0.05, 0.1) is 9.79 Å². The third-order valence-corrected chi connectivity index (χ3v) is 10.2. The summed E-state index contributed by atoms with van der Waals surface area (Å²) in [5, 5.41) is 12.8. The second kappa shape index (κ2) is 15.8. The highest BCUT2D eigenvalue weighted by molar-refractivity contribution is 7.89. The van der Waals surface area contributed by atoms with Crippen molar-refractivity contribution in [2.24, 2.45) is 5.92 Å². The number of unbranched alkanes of at least 4 members (excludes halogenated alkanes) is 1. The molecule has 0 aliphatic carbocycles. The van der Waals surface area contributed by atoms with Crippen LogP contribution in [-0.2, 0) is 36.1 Å². The Morgan fingerprint density at radius 1 is 0.841 bits per heavy atom. The molecule has 0 saturated heterocycles. The molecule has 3 aromatic rings. The molecule has 2 atom stereocenters. The van der Waals surface area contributed by atoms with Crippen molar-refractivity contribution in [2.45, 2.75) is 61.4 Å². The first-order chi connectivity index (χ1) is 20.8. The van der Waals surface area contributed by atoms with Crippen molar-refractivity contribution in [1.29, 1.82) is 0 Å². The Kier molecular flexibility index (Phi) is 12.5. The highest BCUT2D eigenvalue weighted by atomic mass is 32.2. The molecule has 1 amide bonds. The van der Waals surface area contributed by atoms with Gasteiger partial charge in [0.2, 0.25) is 26.0 Å². The van der Waals surface area contributed by atoms with Gasteiger partial charge < -0.3 is 16.2 Å². The van der Waals surface area contributed by atoms with Crippen LogP contribution >= 0.6 is 0 Å². The lowest BCUT2D eigenvalue weighted by Crippen LogP contribution is -2.48. The molecule has 0 bridgehead atoms. The Balaban J connectivity index is 1.67. The molecule has 13 heteroatoms. The number of carbonyl (C=O) groups excluding carboxylic acids is 1. The lowest BCUT2D eigenvalue weighted by molar-refractivity contribution is -0.142. The minimum Gasteiger partial charge on any atom is -0.480 e. The fraction of sp³-hybridized carbons (Fsp3) is 0.355. The Morgan fingerprint density at radius 3 is 2.00 bits per heavy atom. The summed E-state index contributed by atoms with van der Waals surface area (Å²) in [6, 6.07) is 19.9. The van der Waals surface area contributed by atoms with E-state index in [1.807, 2.05) is 6.07 Å². The molecule has 0 saturated carbocycles. The molecule has 11 nitrogen and oxygen atoms in total. The summed E-state index contributed by atoms with van der Waals surface area (Å²) in [7, 11) is -8.12. The van der Waals surface area contributed by atoms with E-state index >= 15 is 0 Å². The van der Waals surface area contributed by atoms with Crippen molar-refractivity contribution in [3.05, 3.63) is 90.5 Å². The predicted molar refractivity (Wildman–Crippen MR) is 169 cm³/mol. The lowest BCUT2D eigenvalue weighted by Gasteiger charge is -2.29. The van der Waals surface area contributed by atoms with Crippen molar-refractivity contribution in [3.8, 4) is 0 Å². The van der Waals surface area contributed by atoms with Crippen LogP contribution in [-0.4, -0.2) is 63.3 Å². The molecule has 0 heterocycles. The molecule has 0 aliphatic heterocycles. The molecule has 3 aromatic carbocycles. The van der Waals surface area contributed by atoms with Gasteiger partial charge in [-0.05, 0) is 73.6 Å². The summed E-state index contributed by atoms with van der Waals surface area (Å²) >= 11 is 0. The van der Waals surface area contributed by atoms with E-state index in [2.05, 4.69) is 10.0 Å². The number of carboxylic acids is 1. The van der Waals surface area contributed by atoms with Crippen molar-refractivity contribution in [3.63, 3.8) is 0 Å². The standard InChI is InChI=1S/C31H40N4O7S2/c1-23(2)22-35(44(41,42)27-18-16-25(32)17-19-27)29(31(37)38)15-9-10-20-33-30(36)28(21-24-11-5-3-6-12-24)34-43(39,40)26-13-7-4-8-14-26/h3-8,11-14,16-19,23,28-29,34H,9-10,15,20-22,32H2,1-2H3,(H,33,36)(H,37,38)/t28-,29-/m0/s1. The number of nitrogens with one attached hydrogen (secondary N) is 2. The molecule has 3 rings (SSSR count). The molecule has 0 aliphatic rings. The molecular weight excluding hydrogens is 604 g/mol. The number of rotatable bonds is 17. The number of nitrogen functional groups attached to an aromatic ring is 1. The van der Waals surface area contributed by atoms with E-state index in [9.17, 15) is 31.5 Å². The minimum absolute atomic E-state index is 0.00311. The van der Waals surface area contributed by atoms with Crippen molar-refractivity contribution >= 4 is 37.6 Å². The summed E-state index contributed by atoms with van der Waals surface area (Å²) in [4.78, 5) is 25.4. The quantitative estimate of drug-likeness (QED) is 0.128. The lowest BCUT2D eigenvalue weighted by atomic mass is 10.1. The number of hydrogen-bond donors (Lipinski definition) is 4. The smallest absolute Gasteiger partial charge is 0.322 e. The monoisotopic (exact) mass is 644 g/mol. The third-order valence-electron chi connectivity index (χ3n) is 6.82. The number of carbonyl (C=O) groups is 2. The molecule has 5 N–H and O–H groups in total. The van der Waals surface area contributed by atoms with Crippen molar-refractivity contribution < 1.29 is 31.5 Å². The maximum absolute atomic E-state index is 13.5. The van der Waals surface area contributed by atoms with Crippen LogP contribution in [0.3, 0.4) is 0 Å². The second-order valence-electron chi connectivity index (χ2n) is 10.9. The Bertz CT molecular complexity index is 1580. The van der Waals surface area contributed by atoms with E-state index < -0.39 is 44.0 Å². The minimum atomic E-state index is -4.13. The van der Waals surface area contributed by atoms with E-state index in [-0.39, 0.29) is 41.6 Å². The van der Waals surface area contributed by atoms with Crippen LogP contribution in [0.5, 0.6) is 0 Å². The van der Waals surface area contributed by atoms with Gasteiger partial charge in [-0.2, -0.15) is 9.03 Å². The first kappa shape index (κ1) is 34.7. The van der Waals surface area contributed by atoms with Crippen molar-refractivity contribution in [2.75, 3.05) is 18.8 Å². The van der Waals surface area contributed by atoms with E-state index in [1.165, 1.54) is 36.4 Å². The molecule has 0 radical (unpaired) electrons. The van der Waals surface area contributed by atoms with Crippen molar-refractivity contribution in [1.82, 2.24) is 14.3 Å². The van der Waals surface area contributed by atoms with E-state index in [0.717, 1.165) is 9.87 Å². The third kappa shape index (κ3) is 9.88. The summed E-state index contributed by atoms with van der Waals surface area (Å²) in [6.07, 6.45) is 0.770. The molecule has 238 valence electrons. The largest absolute Gasteiger partial charge is 0.480 e. The van der Waals surface area contributed by atoms with Crippen LogP contribution in [0.4, 0.5) is 5.69 Å². The number of benzene rings is 3. The van der Waals surface area contributed by atoms with Gasteiger partial charge in [-0.3, -0.25) is 9.59 Å². The fourth-order valence-electron chi connectivity index (χ4n) is 4.61. The van der Waals surface area contributed by atoms with E-state index in [0.29, 0.717) is 18.5 Å². The first-order valence-electron chi connectivity index (χ1n) is 14.3. The van der Waals surface area contributed by atoms with Gasteiger partial charge in [-0.25, -0.2) is 16.8 Å².